The minimum atomic E-state index is -1.05. The number of thioether (sulfide) groups is 1. The molecule has 0 aliphatic rings. The third-order valence-electron chi connectivity index (χ3n) is 6.45. The molecule has 10 nitrogen and oxygen atoms in total. The number of hydrogen-bond acceptors (Lipinski definition) is 7. The Hall–Kier alpha value is -2.79. The van der Waals surface area contributed by atoms with Gasteiger partial charge in [0.2, 0.25) is 17.7 Å². The van der Waals surface area contributed by atoms with Crippen molar-refractivity contribution in [1.82, 2.24) is 21.3 Å². The van der Waals surface area contributed by atoms with Crippen LogP contribution in [-0.2, 0) is 24.9 Å². The fourth-order valence-corrected chi connectivity index (χ4v) is 5.05. The Labute approximate surface area is 255 Å². The van der Waals surface area contributed by atoms with Crippen LogP contribution in [0.4, 0.5) is 4.79 Å². The van der Waals surface area contributed by atoms with Crippen LogP contribution >= 0.6 is 11.8 Å². The quantitative estimate of drug-likeness (QED) is 0.169. The first-order valence-electron chi connectivity index (χ1n) is 14.8. The molecule has 4 amide bonds. The van der Waals surface area contributed by atoms with E-state index in [4.69, 9.17) is 4.74 Å². The van der Waals surface area contributed by atoms with E-state index in [2.05, 4.69) is 21.3 Å². The van der Waals surface area contributed by atoms with Gasteiger partial charge in [-0.2, -0.15) is 11.8 Å². The van der Waals surface area contributed by atoms with Gasteiger partial charge in [0.1, 0.15) is 17.7 Å². The largest absolute Gasteiger partial charge is 0.444 e. The minimum Gasteiger partial charge on any atom is -0.444 e. The van der Waals surface area contributed by atoms with Gasteiger partial charge < -0.3 is 31.1 Å². The van der Waals surface area contributed by atoms with Gasteiger partial charge in [0, 0.05) is 24.0 Å². The van der Waals surface area contributed by atoms with Gasteiger partial charge in [0.15, 0.2) is 0 Å². The lowest BCUT2D eigenvalue weighted by Crippen LogP contribution is -2.54. The average molecular weight is 609 g/mol. The van der Waals surface area contributed by atoms with Crippen LogP contribution in [0.3, 0.4) is 0 Å². The molecule has 1 rings (SSSR count). The number of benzene rings is 1. The van der Waals surface area contributed by atoms with Gasteiger partial charge >= 0.3 is 6.09 Å². The summed E-state index contributed by atoms with van der Waals surface area (Å²) in [6.45, 7) is 14.7. The number of carbonyl (C=O) groups excluding carboxylic acids is 4. The topological polar surface area (TPSA) is 146 Å². The van der Waals surface area contributed by atoms with Gasteiger partial charge in [-0.1, -0.05) is 64.4 Å². The number of carbonyl (C=O) groups is 4. The molecule has 0 fully saturated rings. The number of aliphatic hydroxyl groups excluding tert-OH is 1. The van der Waals surface area contributed by atoms with E-state index in [1.54, 1.807) is 39.5 Å². The molecule has 0 unspecified atom stereocenters. The summed E-state index contributed by atoms with van der Waals surface area (Å²) in [5, 5.41) is 22.3. The summed E-state index contributed by atoms with van der Waals surface area (Å²) in [6, 6.07) is 7.54. The molecule has 0 aliphatic heterocycles. The number of aliphatic hydroxyl groups is 1. The predicted octanol–water partition coefficient (Wildman–Crippen LogP) is 3.76. The molecular weight excluding hydrogens is 556 g/mol. The number of unbranched alkanes of at least 4 members (excludes halogenated alkanes) is 1. The van der Waals surface area contributed by atoms with Gasteiger partial charge in [0.25, 0.3) is 0 Å². The number of amides is 4. The molecule has 1 aromatic carbocycles. The van der Waals surface area contributed by atoms with E-state index in [-0.39, 0.29) is 24.2 Å². The summed E-state index contributed by atoms with van der Waals surface area (Å²) < 4.78 is 5.24. The Kier molecular flexibility index (Phi) is 16.6. The van der Waals surface area contributed by atoms with Crippen LogP contribution in [-0.4, -0.2) is 71.0 Å². The molecule has 1 aromatic rings. The molecule has 238 valence electrons. The summed E-state index contributed by atoms with van der Waals surface area (Å²) >= 11 is 1.54. The molecule has 11 heteroatoms. The molecule has 42 heavy (non-hydrogen) atoms. The molecule has 0 aromatic heterocycles. The Morgan fingerprint density at radius 2 is 1.57 bits per heavy atom. The molecule has 5 atom stereocenters. The minimum absolute atomic E-state index is 0.0683. The third-order valence-corrected chi connectivity index (χ3v) is 7.58. The molecule has 0 spiro atoms. The zero-order valence-electron chi connectivity index (χ0n) is 26.5. The molecule has 0 saturated heterocycles. The molecule has 0 aliphatic carbocycles. The lowest BCUT2D eigenvalue weighted by molar-refractivity contribution is -0.132. The highest BCUT2D eigenvalue weighted by Gasteiger charge is 2.31. The first kappa shape index (κ1) is 37.2. The van der Waals surface area contributed by atoms with Crippen molar-refractivity contribution in [1.29, 1.82) is 0 Å². The van der Waals surface area contributed by atoms with Crippen molar-refractivity contribution in [3.63, 3.8) is 0 Å². The Bertz CT molecular complexity index is 985. The van der Waals surface area contributed by atoms with E-state index < -0.39 is 47.7 Å². The van der Waals surface area contributed by atoms with Crippen molar-refractivity contribution in [2.45, 2.75) is 110 Å². The smallest absolute Gasteiger partial charge is 0.408 e. The molecule has 5 N–H and O–H groups in total. The van der Waals surface area contributed by atoms with Crippen LogP contribution in [0.25, 0.3) is 0 Å². The Balaban J connectivity index is 2.89. The van der Waals surface area contributed by atoms with E-state index in [1.165, 1.54) is 6.92 Å². The molecule has 0 heterocycles. The maximum atomic E-state index is 13.1. The van der Waals surface area contributed by atoms with Crippen LogP contribution < -0.4 is 21.3 Å². The third kappa shape index (κ3) is 14.9. The molecular formula is C31H52N4O6S. The predicted molar refractivity (Wildman–Crippen MR) is 168 cm³/mol. The standard InChI is InChI=1S/C31H52N4O6S/c1-9-10-16-32-29(39)26(20(2)3)35-27(37)21(4)17-25(36)24(19-42-18-23-14-12-11-13-15-23)34-28(38)22(5)33-30(40)41-31(6,7)8/h11-15,20-22,24-26,36H,9-10,16-19H2,1-8H3,(H,32,39)(H,33,40)(H,34,38)(H,35,37)/t21-,22+,24+,25+,26+/m1/s1. The fraction of sp³-hybridized carbons (Fsp3) is 0.677. The second-order valence-corrected chi connectivity index (χ2v) is 13.1. The second kappa shape index (κ2) is 18.7. The van der Waals surface area contributed by atoms with Crippen molar-refractivity contribution in [2.75, 3.05) is 12.3 Å². The summed E-state index contributed by atoms with van der Waals surface area (Å²) in [7, 11) is 0. The number of nitrogens with one attached hydrogen (secondary N) is 4. The zero-order valence-corrected chi connectivity index (χ0v) is 27.3. The van der Waals surface area contributed by atoms with Gasteiger partial charge in [-0.25, -0.2) is 4.79 Å². The van der Waals surface area contributed by atoms with Crippen LogP contribution in [0.1, 0.15) is 80.2 Å². The van der Waals surface area contributed by atoms with Crippen molar-refractivity contribution < 1.29 is 29.0 Å². The van der Waals surface area contributed by atoms with Gasteiger partial charge in [-0.15, -0.1) is 0 Å². The SMILES string of the molecule is CCCCNC(=O)[C@@H](NC(=O)[C@H](C)C[C@H](O)[C@H](CSCc1ccccc1)NC(=O)[C@H](C)NC(=O)OC(C)(C)C)C(C)C. The summed E-state index contributed by atoms with van der Waals surface area (Å²) in [5.74, 6) is -0.748. The van der Waals surface area contributed by atoms with Gasteiger partial charge in [-0.3, -0.25) is 14.4 Å². The van der Waals surface area contributed by atoms with E-state index in [9.17, 15) is 24.3 Å². The highest BCUT2D eigenvalue weighted by atomic mass is 32.2. The lowest BCUT2D eigenvalue weighted by atomic mass is 9.96. The highest BCUT2D eigenvalue weighted by molar-refractivity contribution is 7.98. The van der Waals surface area contributed by atoms with E-state index in [0.717, 1.165) is 18.4 Å². The van der Waals surface area contributed by atoms with Crippen molar-refractivity contribution in [2.24, 2.45) is 11.8 Å². The zero-order chi connectivity index (χ0) is 31.9. The maximum Gasteiger partial charge on any atom is 0.408 e. The lowest BCUT2D eigenvalue weighted by Gasteiger charge is -2.28. The van der Waals surface area contributed by atoms with E-state index in [1.807, 2.05) is 51.1 Å². The van der Waals surface area contributed by atoms with Gasteiger partial charge in [-0.05, 0) is 52.0 Å². The monoisotopic (exact) mass is 608 g/mol. The van der Waals surface area contributed by atoms with Gasteiger partial charge in [0.05, 0.1) is 12.1 Å². The Morgan fingerprint density at radius 3 is 2.14 bits per heavy atom. The summed E-state index contributed by atoms with van der Waals surface area (Å²) in [4.78, 5) is 50.9. The van der Waals surface area contributed by atoms with Crippen molar-refractivity contribution in [3.8, 4) is 0 Å². The number of hydrogen-bond donors (Lipinski definition) is 5. The molecule has 0 radical (unpaired) electrons. The fourth-order valence-electron chi connectivity index (χ4n) is 3.95. The highest BCUT2D eigenvalue weighted by Crippen LogP contribution is 2.18. The number of rotatable bonds is 17. The molecule has 0 bridgehead atoms. The van der Waals surface area contributed by atoms with E-state index >= 15 is 0 Å². The van der Waals surface area contributed by atoms with E-state index in [0.29, 0.717) is 18.1 Å². The number of alkyl carbamates (subject to hydrolysis) is 1. The summed E-state index contributed by atoms with van der Waals surface area (Å²) in [6.07, 6.45) is 0.102. The van der Waals surface area contributed by atoms with Crippen LogP contribution in [0, 0.1) is 11.8 Å². The number of ether oxygens (including phenoxy) is 1. The first-order chi connectivity index (χ1) is 19.6. The van der Waals surface area contributed by atoms with Crippen LogP contribution in [0.5, 0.6) is 0 Å². The average Bonchev–Trinajstić information content (AvgIpc) is 2.90. The Morgan fingerprint density at radius 1 is 0.929 bits per heavy atom. The van der Waals surface area contributed by atoms with Crippen LogP contribution in [0.2, 0.25) is 0 Å². The van der Waals surface area contributed by atoms with Crippen LogP contribution in [0.15, 0.2) is 30.3 Å². The van der Waals surface area contributed by atoms with Crippen molar-refractivity contribution in [3.05, 3.63) is 35.9 Å². The first-order valence-corrected chi connectivity index (χ1v) is 16.0. The van der Waals surface area contributed by atoms with Crippen molar-refractivity contribution >= 4 is 35.6 Å². The summed E-state index contributed by atoms with van der Waals surface area (Å²) in [5.41, 5.74) is 0.390. The normalized spacial score (nSPS) is 15.1. The maximum absolute atomic E-state index is 13.1. The molecule has 0 saturated carbocycles. The second-order valence-electron chi connectivity index (χ2n) is 12.1.